The lowest BCUT2D eigenvalue weighted by atomic mass is 9.68. The Bertz CT molecular complexity index is 1290. The Morgan fingerprint density at radius 1 is 1.32 bits per heavy atom. The van der Waals surface area contributed by atoms with Gasteiger partial charge in [0.2, 0.25) is 23.8 Å². The van der Waals surface area contributed by atoms with Crippen LogP contribution in [0.15, 0.2) is 10.6 Å². The maximum absolute atomic E-state index is 15.9. The average molecular weight is 563 g/mol. The summed E-state index contributed by atoms with van der Waals surface area (Å²) < 4.78 is 31.9. The predicted octanol–water partition coefficient (Wildman–Crippen LogP) is 2.27. The van der Waals surface area contributed by atoms with Crippen LogP contribution in [-0.4, -0.2) is 75.0 Å². The third-order valence-electron chi connectivity index (χ3n) is 6.63. The van der Waals surface area contributed by atoms with Crippen LogP contribution in [0.4, 0.5) is 20.7 Å². The van der Waals surface area contributed by atoms with Crippen LogP contribution in [-0.2, 0) is 30.3 Å². The summed E-state index contributed by atoms with van der Waals surface area (Å²) in [4.78, 5) is 52.5. The van der Waals surface area contributed by atoms with Crippen molar-refractivity contribution in [3.63, 3.8) is 0 Å². The smallest absolute Gasteiger partial charge is 0.328 e. The number of benzene rings is 1. The minimum absolute atomic E-state index is 0. The van der Waals surface area contributed by atoms with Gasteiger partial charge in [-0.05, 0) is 18.6 Å². The number of anilines is 2. The Morgan fingerprint density at radius 3 is 2.52 bits per heavy atom. The van der Waals surface area contributed by atoms with Crippen LogP contribution in [0.3, 0.4) is 0 Å². The first-order chi connectivity index (χ1) is 18.7. The second-order valence-electron chi connectivity index (χ2n) is 8.79. The zero-order valence-corrected chi connectivity index (χ0v) is 22.4. The van der Waals surface area contributed by atoms with E-state index in [-0.39, 0.29) is 68.7 Å². The van der Waals surface area contributed by atoms with Crippen molar-refractivity contribution in [3.05, 3.63) is 17.4 Å². The van der Waals surface area contributed by atoms with Gasteiger partial charge in [0.25, 0.3) is 0 Å². The Balaban J connectivity index is 0.000000877. The number of nitriles is 1. The van der Waals surface area contributed by atoms with Crippen molar-refractivity contribution >= 4 is 46.7 Å². The zero-order valence-electron chi connectivity index (χ0n) is 22.4. The molecular weight excluding hydrogens is 527 g/mol. The molecule has 1 aromatic carbocycles. The van der Waals surface area contributed by atoms with Gasteiger partial charge in [0, 0.05) is 27.0 Å². The number of carbonyl (C=O) groups is 4. The number of barbiturate groups is 1. The first-order valence-electron chi connectivity index (χ1n) is 12.4. The molecule has 2 fully saturated rings. The van der Waals surface area contributed by atoms with Gasteiger partial charge in [-0.3, -0.25) is 29.9 Å². The van der Waals surface area contributed by atoms with Crippen molar-refractivity contribution in [1.82, 2.24) is 15.8 Å². The van der Waals surface area contributed by atoms with Crippen molar-refractivity contribution in [2.75, 3.05) is 43.2 Å². The van der Waals surface area contributed by atoms with Crippen molar-refractivity contribution in [3.8, 4) is 6.07 Å². The van der Waals surface area contributed by atoms with E-state index in [1.54, 1.807) is 24.0 Å². The molecule has 2 saturated heterocycles. The van der Waals surface area contributed by atoms with E-state index in [0.717, 1.165) is 0 Å². The number of nitrogens with zero attached hydrogens (tertiary/aromatic N) is 4. The molecule has 0 bridgehead atoms. The van der Waals surface area contributed by atoms with Gasteiger partial charge in [-0.15, -0.1) is 0 Å². The molecule has 2 N–H and O–H groups in total. The molecule has 2 aromatic rings. The fourth-order valence-corrected chi connectivity index (χ4v) is 5.02. The molecular formula is C26H35FN6O7. The van der Waals surface area contributed by atoms with E-state index < -0.39 is 35.1 Å². The summed E-state index contributed by atoms with van der Waals surface area (Å²) in [5.74, 6) is -2.19. The molecule has 13 nitrogen and oxygen atoms in total. The lowest BCUT2D eigenvalue weighted by Gasteiger charge is -2.52. The molecule has 40 heavy (non-hydrogen) atoms. The van der Waals surface area contributed by atoms with Gasteiger partial charge in [-0.2, -0.15) is 5.26 Å². The molecule has 1 spiro atoms. The molecule has 3 aliphatic rings. The van der Waals surface area contributed by atoms with Gasteiger partial charge >= 0.3 is 6.03 Å². The molecule has 218 valence electrons. The van der Waals surface area contributed by atoms with Crippen LogP contribution in [0.5, 0.6) is 0 Å². The van der Waals surface area contributed by atoms with E-state index in [1.807, 2.05) is 13.8 Å². The number of carbonyl (C=O) groups excluding carboxylic acids is 4. The van der Waals surface area contributed by atoms with Crippen LogP contribution >= 0.6 is 0 Å². The van der Waals surface area contributed by atoms with Gasteiger partial charge in [-0.1, -0.05) is 26.4 Å². The van der Waals surface area contributed by atoms with E-state index in [9.17, 15) is 19.2 Å². The average Bonchev–Trinajstić information content (AvgIpc) is 3.33. The van der Waals surface area contributed by atoms with Crippen molar-refractivity contribution in [2.45, 2.75) is 53.7 Å². The number of ether oxygens (including phenoxy) is 2. The highest BCUT2D eigenvalue weighted by Gasteiger charge is 2.61. The summed E-state index contributed by atoms with van der Waals surface area (Å²) >= 11 is 0. The Hall–Kier alpha value is -4.09. The van der Waals surface area contributed by atoms with E-state index in [0.29, 0.717) is 12.0 Å². The molecule has 5 rings (SSSR count). The number of morpholine rings is 1. The minimum Gasteiger partial charge on any atom is -0.383 e. The normalized spacial score (nSPS) is 20.2. The first-order valence-corrected chi connectivity index (χ1v) is 12.4. The van der Waals surface area contributed by atoms with Gasteiger partial charge in [0.05, 0.1) is 49.0 Å². The number of fused-ring (bicyclic) bond motifs is 5. The fourth-order valence-electron chi connectivity index (χ4n) is 5.02. The van der Waals surface area contributed by atoms with E-state index >= 15 is 4.39 Å². The highest BCUT2D eigenvalue weighted by atomic mass is 19.1. The van der Waals surface area contributed by atoms with Crippen LogP contribution < -0.4 is 20.4 Å². The highest BCUT2D eigenvalue weighted by Crippen LogP contribution is 2.48. The quantitative estimate of drug-likeness (QED) is 0.407. The number of hydrogen-bond acceptors (Lipinski definition) is 10. The molecule has 14 heteroatoms. The molecule has 0 saturated carbocycles. The first kappa shape index (κ1) is 32.1. The van der Waals surface area contributed by atoms with Gasteiger partial charge in [-0.25, -0.2) is 9.18 Å². The lowest BCUT2D eigenvalue weighted by Crippen LogP contribution is -2.73. The lowest BCUT2D eigenvalue weighted by molar-refractivity contribution is -0.149. The maximum Gasteiger partial charge on any atom is 0.328 e. The fraction of sp³-hybridized carbons (Fsp3) is 0.538. The van der Waals surface area contributed by atoms with Gasteiger partial charge < -0.3 is 18.9 Å². The summed E-state index contributed by atoms with van der Waals surface area (Å²) in [5, 5.41) is 15.8. The molecule has 1 aromatic heterocycles. The molecule has 0 radical (unpaired) electrons. The second kappa shape index (κ2) is 13.3. The molecule has 4 heterocycles. The third-order valence-corrected chi connectivity index (χ3v) is 6.63. The van der Waals surface area contributed by atoms with Gasteiger partial charge in [0.15, 0.2) is 17.1 Å². The largest absolute Gasteiger partial charge is 0.383 e. The maximum atomic E-state index is 15.9. The van der Waals surface area contributed by atoms with Gasteiger partial charge in [0.1, 0.15) is 0 Å². The molecule has 3 aliphatic heterocycles. The number of hydrogen-bond donors (Lipinski definition) is 2. The Morgan fingerprint density at radius 2 is 1.95 bits per heavy atom. The Kier molecular flexibility index (Phi) is 10.7. The number of amides is 5. The van der Waals surface area contributed by atoms with E-state index in [2.05, 4.69) is 15.8 Å². The summed E-state index contributed by atoms with van der Waals surface area (Å²) in [6, 6.07) is 1.55. The zero-order chi connectivity index (χ0) is 28.9. The predicted molar refractivity (Wildman–Crippen MR) is 143 cm³/mol. The van der Waals surface area contributed by atoms with E-state index in [4.69, 9.17) is 19.3 Å². The summed E-state index contributed by atoms with van der Waals surface area (Å²) in [6.45, 7) is 7.77. The van der Waals surface area contributed by atoms with Crippen LogP contribution in [0.2, 0.25) is 0 Å². The molecule has 0 aliphatic carbocycles. The van der Waals surface area contributed by atoms with Crippen LogP contribution in [0.1, 0.15) is 40.7 Å². The van der Waals surface area contributed by atoms with Crippen LogP contribution in [0.25, 0.3) is 11.0 Å². The summed E-state index contributed by atoms with van der Waals surface area (Å²) in [5.41, 5.74) is -1.36. The van der Waals surface area contributed by atoms with Crippen molar-refractivity contribution in [1.29, 1.82) is 5.26 Å². The van der Waals surface area contributed by atoms with Crippen molar-refractivity contribution < 1.29 is 37.6 Å². The standard InChI is InChI=1S/C21H22FN5O7.C2H3N.C2H6.CH4/c1-10-7-27-13(8-33-10)21(18(29)23-20(31)24-19(21)30)6-11-5-12-16(14(22)15(11)27)34-25-17(12)26(9-28)3-4-32-2;1-2-3;1-2;/h5,9-10,13H,3-4,6-8H2,1-2H3,(H2,23,24,29,30,31);1H3;1-2H3;1H4/t10-,13?;;;/m1.../s1. The number of rotatable bonds is 5. The summed E-state index contributed by atoms with van der Waals surface area (Å²) in [7, 11) is 1.48. The SMILES string of the molecule is C.CC.CC#N.COCCN(C=O)c1noc2c(F)c3c(cc12)CC1(C(=O)NC(=O)NC1=O)C1CO[C@H](C)CN31. The van der Waals surface area contributed by atoms with Crippen LogP contribution in [0, 0.1) is 22.6 Å². The molecule has 2 atom stereocenters. The number of halogens is 1. The van der Waals surface area contributed by atoms with E-state index in [1.165, 1.54) is 18.9 Å². The van der Waals surface area contributed by atoms with Crippen molar-refractivity contribution in [2.24, 2.45) is 5.41 Å². The number of imide groups is 2. The Labute approximate surface area is 231 Å². The number of aromatic nitrogens is 1. The molecule has 1 unspecified atom stereocenters. The number of urea groups is 1. The molecule has 5 amide bonds. The topological polar surface area (TPSA) is 167 Å². The highest BCUT2D eigenvalue weighted by molar-refractivity contribution is 6.20. The summed E-state index contributed by atoms with van der Waals surface area (Å²) in [6.07, 6.45) is 0.0290. The number of methoxy groups -OCH3 is 1. The third kappa shape index (κ3) is 5.34. The second-order valence-corrected chi connectivity index (χ2v) is 8.79. The minimum atomic E-state index is -1.72. The monoisotopic (exact) mass is 562 g/mol. The number of nitrogens with one attached hydrogen (secondary N) is 2.